The fourth-order valence-corrected chi connectivity index (χ4v) is 2.20. The van der Waals surface area contributed by atoms with Crippen molar-refractivity contribution < 1.29 is 5.11 Å². The predicted molar refractivity (Wildman–Crippen MR) is 63.5 cm³/mol. The Labute approximate surface area is 96.3 Å². The van der Waals surface area contributed by atoms with E-state index in [1.165, 1.54) is 0 Å². The molecule has 2 unspecified atom stereocenters. The zero-order chi connectivity index (χ0) is 11.7. The Morgan fingerprint density at radius 3 is 2.88 bits per heavy atom. The van der Waals surface area contributed by atoms with Crippen LogP contribution in [0.4, 0.5) is 5.82 Å². The van der Waals surface area contributed by atoms with Crippen LogP contribution < -0.4 is 4.90 Å². The van der Waals surface area contributed by atoms with Gasteiger partial charge in [0.25, 0.3) is 0 Å². The summed E-state index contributed by atoms with van der Waals surface area (Å²) in [5.41, 5.74) is 1.91. The number of aliphatic hydroxyl groups excluding tert-OH is 1. The van der Waals surface area contributed by atoms with Crippen LogP contribution in [-0.2, 0) is 0 Å². The first kappa shape index (κ1) is 11.3. The lowest BCUT2D eigenvalue weighted by Crippen LogP contribution is -2.25. The number of rotatable bonds is 2. The van der Waals surface area contributed by atoms with Gasteiger partial charge < -0.3 is 10.0 Å². The number of aliphatic hydroxyl groups is 1. The summed E-state index contributed by atoms with van der Waals surface area (Å²) in [5.74, 6) is 1.34. The van der Waals surface area contributed by atoms with Crippen molar-refractivity contribution in [1.29, 1.82) is 0 Å². The molecule has 0 saturated carbocycles. The largest absolute Gasteiger partial charge is 0.393 e. The van der Waals surface area contributed by atoms with Crippen LogP contribution in [0.15, 0.2) is 6.20 Å². The number of hydrogen-bond donors (Lipinski definition) is 1. The first-order valence-corrected chi connectivity index (χ1v) is 5.81. The molecule has 0 amide bonds. The molecule has 0 bridgehead atoms. The molecule has 1 saturated heterocycles. The molecule has 0 radical (unpaired) electrons. The van der Waals surface area contributed by atoms with Crippen LogP contribution in [-0.4, -0.2) is 34.3 Å². The summed E-state index contributed by atoms with van der Waals surface area (Å²) in [4.78, 5) is 11.1. The lowest BCUT2D eigenvalue weighted by atomic mass is 10.0. The number of aryl methyl sites for hydroxylation is 2. The normalized spacial score (nSPS) is 22.5. The summed E-state index contributed by atoms with van der Waals surface area (Å²) in [5, 5.41) is 9.58. The van der Waals surface area contributed by atoms with Crippen LogP contribution in [0.3, 0.4) is 0 Å². The fourth-order valence-electron chi connectivity index (χ4n) is 2.20. The zero-order valence-electron chi connectivity index (χ0n) is 10.1. The minimum Gasteiger partial charge on any atom is -0.393 e. The second-order valence-corrected chi connectivity index (χ2v) is 4.66. The number of nitrogens with zero attached hydrogens (tertiary/aromatic N) is 3. The Balaban J connectivity index is 2.17. The fraction of sp³-hybridized carbons (Fsp3) is 0.667. The Morgan fingerprint density at radius 1 is 1.50 bits per heavy atom. The standard InChI is InChI=1S/C12H19N3O/c1-8-6-13-9(2)12(14-8)15-5-4-11(7-15)10(3)16/h6,10-11,16H,4-5,7H2,1-3H3. The van der Waals surface area contributed by atoms with Gasteiger partial charge in [0.15, 0.2) is 0 Å². The summed E-state index contributed by atoms with van der Waals surface area (Å²) in [6, 6.07) is 0. The van der Waals surface area contributed by atoms with Gasteiger partial charge in [-0.25, -0.2) is 4.98 Å². The van der Waals surface area contributed by atoms with Crippen LogP contribution in [0.5, 0.6) is 0 Å². The second kappa shape index (κ2) is 4.37. The van der Waals surface area contributed by atoms with Crippen molar-refractivity contribution in [3.8, 4) is 0 Å². The molecule has 1 aliphatic heterocycles. The molecular weight excluding hydrogens is 202 g/mol. The van der Waals surface area contributed by atoms with Crippen LogP contribution >= 0.6 is 0 Å². The van der Waals surface area contributed by atoms with Gasteiger partial charge in [-0.3, -0.25) is 4.98 Å². The van der Waals surface area contributed by atoms with E-state index in [0.717, 1.165) is 36.7 Å². The highest BCUT2D eigenvalue weighted by atomic mass is 16.3. The highest BCUT2D eigenvalue weighted by molar-refractivity contribution is 5.44. The van der Waals surface area contributed by atoms with E-state index in [1.54, 1.807) is 6.20 Å². The van der Waals surface area contributed by atoms with Gasteiger partial charge in [0.2, 0.25) is 0 Å². The first-order valence-electron chi connectivity index (χ1n) is 5.81. The van der Waals surface area contributed by atoms with Gasteiger partial charge in [-0.1, -0.05) is 0 Å². The van der Waals surface area contributed by atoms with Crippen LogP contribution in [0, 0.1) is 19.8 Å². The smallest absolute Gasteiger partial charge is 0.150 e. The topological polar surface area (TPSA) is 49.2 Å². The van der Waals surface area contributed by atoms with Crippen molar-refractivity contribution in [3.63, 3.8) is 0 Å². The Morgan fingerprint density at radius 2 is 2.25 bits per heavy atom. The highest BCUT2D eigenvalue weighted by Gasteiger charge is 2.27. The number of hydrogen-bond acceptors (Lipinski definition) is 4. The van der Waals surface area contributed by atoms with E-state index < -0.39 is 0 Å². The van der Waals surface area contributed by atoms with Gasteiger partial charge in [0, 0.05) is 25.2 Å². The maximum Gasteiger partial charge on any atom is 0.150 e. The summed E-state index contributed by atoms with van der Waals surface area (Å²) >= 11 is 0. The van der Waals surface area contributed by atoms with E-state index in [4.69, 9.17) is 0 Å². The van der Waals surface area contributed by atoms with Crippen molar-refractivity contribution in [2.24, 2.45) is 5.92 Å². The van der Waals surface area contributed by atoms with Gasteiger partial charge in [-0.15, -0.1) is 0 Å². The summed E-state index contributed by atoms with van der Waals surface area (Å²) in [6.07, 6.45) is 2.59. The third-order valence-corrected chi connectivity index (χ3v) is 3.26. The van der Waals surface area contributed by atoms with Gasteiger partial charge in [0.1, 0.15) is 5.82 Å². The molecule has 0 aliphatic carbocycles. The number of anilines is 1. The molecule has 16 heavy (non-hydrogen) atoms. The van der Waals surface area contributed by atoms with Crippen molar-refractivity contribution in [2.45, 2.75) is 33.3 Å². The van der Waals surface area contributed by atoms with Gasteiger partial charge in [0.05, 0.1) is 17.5 Å². The Bertz CT molecular complexity index is 379. The zero-order valence-corrected chi connectivity index (χ0v) is 10.1. The minimum absolute atomic E-state index is 0.233. The first-order chi connectivity index (χ1) is 7.58. The van der Waals surface area contributed by atoms with E-state index >= 15 is 0 Å². The van der Waals surface area contributed by atoms with E-state index in [0.29, 0.717) is 5.92 Å². The average Bonchev–Trinajstić information content (AvgIpc) is 2.70. The minimum atomic E-state index is -0.233. The molecule has 0 aromatic carbocycles. The van der Waals surface area contributed by atoms with Crippen LogP contribution in [0.1, 0.15) is 24.7 Å². The van der Waals surface area contributed by atoms with Crippen molar-refractivity contribution in [1.82, 2.24) is 9.97 Å². The van der Waals surface area contributed by atoms with Gasteiger partial charge in [-0.2, -0.15) is 0 Å². The van der Waals surface area contributed by atoms with Crippen molar-refractivity contribution in [3.05, 3.63) is 17.6 Å². The lowest BCUT2D eigenvalue weighted by molar-refractivity contribution is 0.136. The molecule has 2 rings (SSSR count). The maximum atomic E-state index is 9.58. The molecule has 1 aromatic heterocycles. The van der Waals surface area contributed by atoms with E-state index in [1.807, 2.05) is 20.8 Å². The SMILES string of the molecule is Cc1cnc(C)c(N2CCC(C(C)O)C2)n1. The highest BCUT2D eigenvalue weighted by Crippen LogP contribution is 2.25. The van der Waals surface area contributed by atoms with Gasteiger partial charge in [-0.05, 0) is 27.2 Å². The second-order valence-electron chi connectivity index (χ2n) is 4.66. The molecule has 2 heterocycles. The summed E-state index contributed by atoms with van der Waals surface area (Å²) in [6.45, 7) is 7.66. The Hall–Kier alpha value is -1.16. The van der Waals surface area contributed by atoms with Crippen LogP contribution in [0.25, 0.3) is 0 Å². The molecule has 4 heteroatoms. The average molecular weight is 221 g/mol. The number of aromatic nitrogens is 2. The van der Waals surface area contributed by atoms with E-state index in [2.05, 4.69) is 14.9 Å². The summed E-state index contributed by atoms with van der Waals surface area (Å²) in [7, 11) is 0. The molecule has 2 atom stereocenters. The molecular formula is C12H19N3O. The molecule has 1 aliphatic rings. The van der Waals surface area contributed by atoms with Gasteiger partial charge >= 0.3 is 0 Å². The molecule has 1 fully saturated rings. The molecule has 4 nitrogen and oxygen atoms in total. The molecule has 1 aromatic rings. The van der Waals surface area contributed by atoms with Crippen LogP contribution in [0.2, 0.25) is 0 Å². The predicted octanol–water partition coefficient (Wildman–Crippen LogP) is 1.30. The van der Waals surface area contributed by atoms with Crippen molar-refractivity contribution in [2.75, 3.05) is 18.0 Å². The monoisotopic (exact) mass is 221 g/mol. The summed E-state index contributed by atoms with van der Waals surface area (Å²) < 4.78 is 0. The van der Waals surface area contributed by atoms with Crippen molar-refractivity contribution >= 4 is 5.82 Å². The lowest BCUT2D eigenvalue weighted by Gasteiger charge is -2.20. The molecule has 0 spiro atoms. The third kappa shape index (κ3) is 2.16. The molecule has 1 N–H and O–H groups in total. The van der Waals surface area contributed by atoms with E-state index in [9.17, 15) is 5.11 Å². The quantitative estimate of drug-likeness (QED) is 0.818. The molecule has 88 valence electrons. The Kier molecular flexibility index (Phi) is 3.10. The third-order valence-electron chi connectivity index (χ3n) is 3.26. The van der Waals surface area contributed by atoms with E-state index in [-0.39, 0.29) is 6.10 Å². The maximum absolute atomic E-state index is 9.58.